The first-order valence-corrected chi connectivity index (χ1v) is 3.22. The molecule has 2 N–H and O–H groups in total. The van der Waals surface area contributed by atoms with Crippen molar-refractivity contribution < 1.29 is 5.10 Å². The number of rotatable bonds is 0. The van der Waals surface area contributed by atoms with E-state index in [1.165, 1.54) is 23.4 Å². The van der Waals surface area contributed by atoms with Crippen molar-refractivity contribution in [3.05, 3.63) is 16.8 Å². The van der Waals surface area contributed by atoms with Crippen molar-refractivity contribution in [1.29, 1.82) is 0 Å². The molecule has 0 spiro atoms. The standard InChI is InChI=1S/C7H8N2/c1-2-4-7-6(3-1)5-8-9-7/h3-5,9H,1-2H2/p+1. The molecule has 46 valence electrons. The van der Waals surface area contributed by atoms with Crippen molar-refractivity contribution >= 4 is 12.2 Å². The van der Waals surface area contributed by atoms with E-state index in [1.807, 2.05) is 6.20 Å². The molecule has 1 aliphatic carbocycles. The molecule has 1 heterocycles. The van der Waals surface area contributed by atoms with E-state index in [4.69, 9.17) is 0 Å². The Morgan fingerprint density at radius 1 is 1.33 bits per heavy atom. The Morgan fingerprint density at radius 3 is 3.11 bits per heavy atom. The van der Waals surface area contributed by atoms with Gasteiger partial charge in [-0.25, -0.2) is 0 Å². The fourth-order valence-electron chi connectivity index (χ4n) is 1.15. The van der Waals surface area contributed by atoms with Crippen LogP contribution in [0.4, 0.5) is 0 Å². The Morgan fingerprint density at radius 2 is 2.22 bits per heavy atom. The predicted octanol–water partition coefficient (Wildman–Crippen LogP) is -0.816. The zero-order chi connectivity index (χ0) is 6.10. The normalized spacial score (nSPS) is 15.6. The summed E-state index contributed by atoms with van der Waals surface area (Å²) in [6, 6.07) is 0. The van der Waals surface area contributed by atoms with Gasteiger partial charge in [0.1, 0.15) is 5.35 Å². The molecular formula is C7H9N2+. The van der Waals surface area contributed by atoms with Gasteiger partial charge in [-0.2, -0.15) is 5.10 Å². The Labute approximate surface area is 52.9 Å². The number of nitrogens with one attached hydrogen (secondary N) is 2. The summed E-state index contributed by atoms with van der Waals surface area (Å²) in [6.45, 7) is 0. The lowest BCUT2D eigenvalue weighted by Gasteiger charge is -1.88. The Hall–Kier alpha value is -1.05. The highest BCUT2D eigenvalue weighted by molar-refractivity contribution is 5.33. The maximum absolute atomic E-state index is 3.05. The van der Waals surface area contributed by atoms with Crippen LogP contribution in [0.15, 0.2) is 6.20 Å². The summed E-state index contributed by atoms with van der Waals surface area (Å²) in [6.07, 6.45) is 8.79. The molecule has 2 nitrogen and oxygen atoms in total. The molecule has 0 fully saturated rings. The molecule has 0 aliphatic heterocycles. The minimum absolute atomic E-state index is 1.17. The van der Waals surface area contributed by atoms with E-state index in [1.54, 1.807) is 0 Å². The summed E-state index contributed by atoms with van der Waals surface area (Å²) in [7, 11) is 0. The molecule has 1 aromatic heterocycles. The first-order chi connectivity index (χ1) is 4.47. The molecule has 0 bridgehead atoms. The van der Waals surface area contributed by atoms with E-state index in [2.05, 4.69) is 22.3 Å². The number of fused-ring (bicyclic) bond motifs is 1. The first kappa shape index (κ1) is 4.79. The van der Waals surface area contributed by atoms with Crippen molar-refractivity contribution in [3.63, 3.8) is 0 Å². The summed E-state index contributed by atoms with van der Waals surface area (Å²) in [5.74, 6) is 0. The third-order valence-electron chi connectivity index (χ3n) is 1.62. The van der Waals surface area contributed by atoms with Gasteiger partial charge >= 0.3 is 0 Å². The van der Waals surface area contributed by atoms with Crippen molar-refractivity contribution in [2.75, 3.05) is 0 Å². The zero-order valence-corrected chi connectivity index (χ0v) is 5.15. The van der Waals surface area contributed by atoms with Gasteiger partial charge < -0.3 is 0 Å². The minimum Gasteiger partial charge on any atom is -0.168 e. The number of aromatic amines is 2. The van der Waals surface area contributed by atoms with Gasteiger partial charge in [0.15, 0.2) is 6.20 Å². The SMILES string of the molecule is C1=c2c[nH+][nH]c2=CCC1. The topological polar surface area (TPSA) is 29.9 Å². The van der Waals surface area contributed by atoms with Crippen LogP contribution in [0.1, 0.15) is 12.8 Å². The summed E-state index contributed by atoms with van der Waals surface area (Å²) in [5, 5.41) is 8.54. The van der Waals surface area contributed by atoms with E-state index in [-0.39, 0.29) is 0 Å². The van der Waals surface area contributed by atoms with Crippen molar-refractivity contribution in [2.24, 2.45) is 0 Å². The van der Waals surface area contributed by atoms with Gasteiger partial charge in [-0.1, -0.05) is 12.2 Å². The maximum atomic E-state index is 3.05. The van der Waals surface area contributed by atoms with Crippen LogP contribution in [0.25, 0.3) is 12.2 Å². The Kier molecular flexibility index (Phi) is 0.918. The van der Waals surface area contributed by atoms with Crippen LogP contribution < -0.4 is 15.7 Å². The van der Waals surface area contributed by atoms with Gasteiger partial charge in [-0.15, -0.1) is 5.10 Å². The molecule has 2 heteroatoms. The predicted molar refractivity (Wildman–Crippen MR) is 34.8 cm³/mol. The molecular weight excluding hydrogens is 112 g/mol. The van der Waals surface area contributed by atoms with Gasteiger partial charge in [-0.05, 0) is 12.8 Å². The Balaban J connectivity index is 2.89. The van der Waals surface area contributed by atoms with Gasteiger partial charge in [0.05, 0.1) is 5.22 Å². The number of aromatic nitrogens is 2. The molecule has 1 aliphatic rings. The summed E-state index contributed by atoms with van der Waals surface area (Å²) >= 11 is 0. The number of H-pyrrole nitrogens is 2. The second kappa shape index (κ2) is 1.72. The van der Waals surface area contributed by atoms with E-state index in [9.17, 15) is 0 Å². The van der Waals surface area contributed by atoms with Crippen LogP contribution in [-0.4, -0.2) is 5.10 Å². The fourth-order valence-corrected chi connectivity index (χ4v) is 1.15. The van der Waals surface area contributed by atoms with Crippen LogP contribution in [0.2, 0.25) is 0 Å². The van der Waals surface area contributed by atoms with Gasteiger partial charge in [-0.3, -0.25) is 0 Å². The van der Waals surface area contributed by atoms with Crippen LogP contribution in [0, 0.1) is 0 Å². The first-order valence-electron chi connectivity index (χ1n) is 3.22. The second-order valence-corrected chi connectivity index (χ2v) is 2.27. The molecule has 9 heavy (non-hydrogen) atoms. The quantitative estimate of drug-likeness (QED) is 0.465. The fraction of sp³-hybridized carbons (Fsp3) is 0.286. The molecule has 0 aromatic carbocycles. The summed E-state index contributed by atoms with van der Waals surface area (Å²) in [4.78, 5) is 0. The third kappa shape index (κ3) is 0.669. The molecule has 2 rings (SSSR count). The minimum atomic E-state index is 1.17. The maximum Gasteiger partial charge on any atom is 0.200 e. The zero-order valence-electron chi connectivity index (χ0n) is 5.15. The van der Waals surface area contributed by atoms with E-state index in [0.717, 1.165) is 0 Å². The molecule has 0 atom stereocenters. The highest BCUT2D eigenvalue weighted by atomic mass is 15.1. The lowest BCUT2D eigenvalue weighted by Crippen LogP contribution is -2.24. The van der Waals surface area contributed by atoms with Crippen molar-refractivity contribution in [1.82, 2.24) is 5.10 Å². The average Bonchev–Trinajstić information content (AvgIpc) is 2.33. The van der Waals surface area contributed by atoms with Crippen LogP contribution in [-0.2, 0) is 0 Å². The summed E-state index contributed by atoms with van der Waals surface area (Å²) < 4.78 is 0. The summed E-state index contributed by atoms with van der Waals surface area (Å²) in [5.41, 5.74) is 0. The van der Waals surface area contributed by atoms with Gasteiger partial charge in [0.2, 0.25) is 0 Å². The second-order valence-electron chi connectivity index (χ2n) is 2.27. The smallest absolute Gasteiger partial charge is 0.168 e. The lowest BCUT2D eigenvalue weighted by atomic mass is 10.2. The van der Waals surface area contributed by atoms with E-state index >= 15 is 0 Å². The van der Waals surface area contributed by atoms with Gasteiger partial charge in [0, 0.05) is 0 Å². The third-order valence-corrected chi connectivity index (χ3v) is 1.62. The van der Waals surface area contributed by atoms with Crippen LogP contribution in [0.3, 0.4) is 0 Å². The van der Waals surface area contributed by atoms with Gasteiger partial charge in [0.25, 0.3) is 0 Å². The largest absolute Gasteiger partial charge is 0.200 e. The van der Waals surface area contributed by atoms with Crippen molar-refractivity contribution in [2.45, 2.75) is 12.8 Å². The lowest BCUT2D eigenvalue weighted by molar-refractivity contribution is -0.450. The highest BCUT2D eigenvalue weighted by Crippen LogP contribution is 1.91. The number of hydrogen-bond donors (Lipinski definition) is 1. The Bertz CT molecular complexity index is 277. The molecule has 0 saturated carbocycles. The van der Waals surface area contributed by atoms with Crippen LogP contribution >= 0.6 is 0 Å². The van der Waals surface area contributed by atoms with E-state index in [0.29, 0.717) is 0 Å². The highest BCUT2D eigenvalue weighted by Gasteiger charge is 1.95. The molecule has 1 aromatic rings. The molecule has 0 amide bonds. The van der Waals surface area contributed by atoms with E-state index < -0.39 is 0 Å². The molecule has 0 radical (unpaired) electrons. The average molecular weight is 121 g/mol. The molecule has 0 unspecified atom stereocenters. The molecule has 0 saturated heterocycles. The monoisotopic (exact) mass is 121 g/mol. The number of hydrogen-bond acceptors (Lipinski definition) is 0. The van der Waals surface area contributed by atoms with Crippen LogP contribution in [0.5, 0.6) is 0 Å². The van der Waals surface area contributed by atoms with Crippen molar-refractivity contribution in [3.8, 4) is 0 Å².